The Bertz CT molecular complexity index is 470. The molecule has 0 amide bonds. The van der Waals surface area contributed by atoms with Crippen LogP contribution in [0.4, 0.5) is 0 Å². The van der Waals surface area contributed by atoms with Gasteiger partial charge in [-0.2, -0.15) is 0 Å². The van der Waals surface area contributed by atoms with Gasteiger partial charge in [0, 0.05) is 12.6 Å². The van der Waals surface area contributed by atoms with E-state index < -0.39 is 0 Å². The molecule has 1 aromatic carbocycles. The topological polar surface area (TPSA) is 48.8 Å². The highest BCUT2D eigenvalue weighted by Gasteiger charge is 2.11. The van der Waals surface area contributed by atoms with Gasteiger partial charge in [0.15, 0.2) is 0 Å². The maximum Gasteiger partial charge on any atom is 0.0828 e. The molecule has 0 aliphatic carbocycles. The number of nitrogens with zero attached hydrogens (tertiary/aromatic N) is 2. The molecular weight excluding hydrogens is 248 g/mol. The van der Waals surface area contributed by atoms with Gasteiger partial charge in [0.2, 0.25) is 0 Å². The number of aryl methyl sites for hydroxylation is 2. The van der Waals surface area contributed by atoms with Gasteiger partial charge < -0.3 is 10.6 Å². The molecule has 3 rings (SSSR count). The summed E-state index contributed by atoms with van der Waals surface area (Å²) in [6.45, 7) is 1.92. The Morgan fingerprint density at radius 2 is 1.75 bits per heavy atom. The Labute approximate surface area is 120 Å². The van der Waals surface area contributed by atoms with Crippen molar-refractivity contribution in [2.24, 2.45) is 9.98 Å². The van der Waals surface area contributed by atoms with E-state index in [0.717, 1.165) is 38.8 Å². The van der Waals surface area contributed by atoms with Gasteiger partial charge in [0.05, 0.1) is 25.3 Å². The van der Waals surface area contributed by atoms with Crippen LogP contribution in [0, 0.1) is 0 Å². The Hall–Kier alpha value is -1.84. The molecule has 0 radical (unpaired) electrons. The molecule has 0 saturated heterocycles. The summed E-state index contributed by atoms with van der Waals surface area (Å²) in [7, 11) is 0. The van der Waals surface area contributed by atoms with Gasteiger partial charge in [0.25, 0.3) is 0 Å². The summed E-state index contributed by atoms with van der Waals surface area (Å²) in [5.74, 6) is 0. The van der Waals surface area contributed by atoms with E-state index in [2.05, 4.69) is 44.9 Å². The third-order valence-electron chi connectivity index (χ3n) is 4.03. The Morgan fingerprint density at radius 1 is 1.00 bits per heavy atom. The lowest BCUT2D eigenvalue weighted by molar-refractivity contribution is 0.603. The van der Waals surface area contributed by atoms with Crippen molar-refractivity contribution in [3.63, 3.8) is 0 Å². The number of benzene rings is 1. The molecule has 0 saturated carbocycles. The lowest BCUT2D eigenvalue weighted by Crippen LogP contribution is -2.24. The average molecular weight is 270 g/mol. The number of aliphatic imine (C=N–C) groups is 2. The molecule has 0 aromatic heterocycles. The quantitative estimate of drug-likeness (QED) is 0.824. The fraction of sp³-hybridized carbons (Fsp3) is 0.500. The highest BCUT2D eigenvalue weighted by atomic mass is 15.1. The monoisotopic (exact) mass is 270 g/mol. The molecule has 4 heteroatoms. The zero-order valence-electron chi connectivity index (χ0n) is 11.8. The largest absolute Gasteiger partial charge is 0.374 e. The van der Waals surface area contributed by atoms with Gasteiger partial charge in [0.1, 0.15) is 0 Å². The van der Waals surface area contributed by atoms with Crippen molar-refractivity contribution in [2.75, 3.05) is 13.1 Å². The van der Waals surface area contributed by atoms with Crippen LogP contribution in [0.5, 0.6) is 0 Å². The standard InChI is InChI=1S/C16H22N4/c1-2-14(6-8-16-10-18-12-20-16)4-3-13(1)5-7-15-9-17-11-19-15/h1-4,11-12,15-16H,5-10H2,(H,17,19)(H,18,20). The molecule has 2 atom stereocenters. The summed E-state index contributed by atoms with van der Waals surface area (Å²) < 4.78 is 0. The predicted molar refractivity (Wildman–Crippen MR) is 83.6 cm³/mol. The van der Waals surface area contributed by atoms with Crippen molar-refractivity contribution in [3.05, 3.63) is 35.4 Å². The molecule has 2 heterocycles. The minimum atomic E-state index is 0.461. The molecule has 2 aliphatic rings. The van der Waals surface area contributed by atoms with Crippen LogP contribution >= 0.6 is 0 Å². The van der Waals surface area contributed by atoms with Crippen LogP contribution < -0.4 is 10.6 Å². The minimum absolute atomic E-state index is 0.461. The lowest BCUT2D eigenvalue weighted by atomic mass is 10.0. The first-order valence-corrected chi connectivity index (χ1v) is 7.47. The van der Waals surface area contributed by atoms with E-state index in [1.807, 2.05) is 12.7 Å². The van der Waals surface area contributed by atoms with Gasteiger partial charge in [-0.15, -0.1) is 0 Å². The minimum Gasteiger partial charge on any atom is -0.374 e. The van der Waals surface area contributed by atoms with Gasteiger partial charge in [-0.1, -0.05) is 24.3 Å². The summed E-state index contributed by atoms with van der Waals surface area (Å²) >= 11 is 0. The van der Waals surface area contributed by atoms with Crippen molar-refractivity contribution in [1.82, 2.24) is 10.6 Å². The summed E-state index contributed by atoms with van der Waals surface area (Å²) in [5.41, 5.74) is 2.83. The molecule has 2 N–H and O–H groups in total. The fourth-order valence-corrected chi connectivity index (χ4v) is 2.69. The Morgan fingerprint density at radius 3 is 2.35 bits per heavy atom. The second-order valence-corrected chi connectivity index (χ2v) is 5.59. The predicted octanol–water partition coefficient (Wildman–Crippen LogP) is 1.55. The Balaban J connectivity index is 1.43. The fourth-order valence-electron chi connectivity index (χ4n) is 2.69. The molecular formula is C16H22N4. The van der Waals surface area contributed by atoms with Crippen LogP contribution in [0.2, 0.25) is 0 Å². The van der Waals surface area contributed by atoms with Crippen molar-refractivity contribution in [3.8, 4) is 0 Å². The van der Waals surface area contributed by atoms with Crippen molar-refractivity contribution in [2.45, 2.75) is 37.8 Å². The van der Waals surface area contributed by atoms with E-state index in [1.165, 1.54) is 11.1 Å². The summed E-state index contributed by atoms with van der Waals surface area (Å²) in [4.78, 5) is 8.59. The first kappa shape index (κ1) is 13.2. The molecule has 0 spiro atoms. The highest BCUT2D eigenvalue weighted by Crippen LogP contribution is 2.12. The van der Waals surface area contributed by atoms with Gasteiger partial charge >= 0.3 is 0 Å². The van der Waals surface area contributed by atoms with Crippen LogP contribution in [-0.4, -0.2) is 37.9 Å². The van der Waals surface area contributed by atoms with Gasteiger partial charge in [-0.05, 0) is 36.8 Å². The van der Waals surface area contributed by atoms with Crippen molar-refractivity contribution >= 4 is 12.7 Å². The van der Waals surface area contributed by atoms with Gasteiger partial charge in [-0.3, -0.25) is 9.98 Å². The maximum atomic E-state index is 4.39. The zero-order valence-corrected chi connectivity index (χ0v) is 11.8. The van der Waals surface area contributed by atoms with E-state index in [9.17, 15) is 0 Å². The first-order valence-electron chi connectivity index (χ1n) is 7.47. The number of nitrogens with one attached hydrogen (secondary N) is 2. The zero-order chi connectivity index (χ0) is 13.6. The van der Waals surface area contributed by atoms with Crippen molar-refractivity contribution < 1.29 is 0 Å². The summed E-state index contributed by atoms with van der Waals surface area (Å²) in [5, 5.41) is 6.43. The average Bonchev–Trinajstić information content (AvgIpc) is 3.17. The number of rotatable bonds is 6. The molecule has 2 aliphatic heterocycles. The second-order valence-electron chi connectivity index (χ2n) is 5.59. The second kappa shape index (κ2) is 6.55. The van der Waals surface area contributed by atoms with Crippen LogP contribution in [0.3, 0.4) is 0 Å². The van der Waals surface area contributed by atoms with E-state index in [4.69, 9.17) is 0 Å². The van der Waals surface area contributed by atoms with E-state index in [0.29, 0.717) is 12.1 Å². The van der Waals surface area contributed by atoms with Crippen LogP contribution in [0.15, 0.2) is 34.3 Å². The summed E-state index contributed by atoms with van der Waals surface area (Å²) in [6.07, 6.45) is 8.18. The molecule has 4 nitrogen and oxygen atoms in total. The maximum absolute atomic E-state index is 4.39. The third kappa shape index (κ3) is 3.59. The van der Waals surface area contributed by atoms with Gasteiger partial charge in [-0.25, -0.2) is 0 Å². The molecule has 0 bridgehead atoms. The molecule has 106 valence electrons. The van der Waals surface area contributed by atoms with Crippen LogP contribution in [0.25, 0.3) is 0 Å². The Kier molecular flexibility index (Phi) is 4.31. The molecule has 2 unspecified atom stereocenters. The highest BCUT2D eigenvalue weighted by molar-refractivity contribution is 5.57. The van der Waals surface area contributed by atoms with Crippen LogP contribution in [0.1, 0.15) is 24.0 Å². The number of hydrogen-bond acceptors (Lipinski definition) is 4. The van der Waals surface area contributed by atoms with E-state index in [-0.39, 0.29) is 0 Å². The first-order chi connectivity index (χ1) is 9.90. The smallest absolute Gasteiger partial charge is 0.0828 e. The van der Waals surface area contributed by atoms with E-state index >= 15 is 0 Å². The molecule has 1 aromatic rings. The number of hydrogen-bond donors (Lipinski definition) is 2. The molecule has 0 fully saturated rings. The normalized spacial score (nSPS) is 23.8. The molecule has 20 heavy (non-hydrogen) atoms. The van der Waals surface area contributed by atoms with Crippen LogP contribution in [-0.2, 0) is 12.8 Å². The SMILES string of the molecule is C1=NCC(CCc2ccc(CCC3CNC=N3)cc2)N1. The lowest BCUT2D eigenvalue weighted by Gasteiger charge is -2.10. The summed E-state index contributed by atoms with van der Waals surface area (Å²) in [6, 6.07) is 10.0. The van der Waals surface area contributed by atoms with E-state index in [1.54, 1.807) is 0 Å². The third-order valence-corrected chi connectivity index (χ3v) is 4.03. The van der Waals surface area contributed by atoms with Crippen molar-refractivity contribution in [1.29, 1.82) is 0 Å².